The van der Waals surface area contributed by atoms with Gasteiger partial charge in [-0.25, -0.2) is 5.01 Å². The third kappa shape index (κ3) is 1.87. The molecule has 0 bridgehead atoms. The normalized spacial score (nSPS) is 23.1. The zero-order chi connectivity index (χ0) is 10.1. The molecule has 2 fully saturated rings. The number of carboxylic acid groups (broad SMARTS) is 1. The van der Waals surface area contributed by atoms with E-state index < -0.39 is 5.97 Å². The summed E-state index contributed by atoms with van der Waals surface area (Å²) in [6.07, 6.45) is 2.78. The van der Waals surface area contributed by atoms with Gasteiger partial charge in [0, 0.05) is 25.6 Å². The van der Waals surface area contributed by atoms with Crippen molar-refractivity contribution in [2.45, 2.75) is 31.7 Å². The molecule has 14 heavy (non-hydrogen) atoms. The molecule has 1 N–H and O–H groups in total. The second kappa shape index (κ2) is 3.57. The van der Waals surface area contributed by atoms with Crippen LogP contribution in [0.15, 0.2) is 0 Å². The van der Waals surface area contributed by atoms with Gasteiger partial charge in [0.2, 0.25) is 5.91 Å². The van der Waals surface area contributed by atoms with Crippen LogP contribution in [0.3, 0.4) is 0 Å². The number of hydrogen-bond acceptors (Lipinski definition) is 3. The van der Waals surface area contributed by atoms with Crippen LogP contribution in [0.25, 0.3) is 0 Å². The zero-order valence-electron chi connectivity index (χ0n) is 7.98. The molecule has 1 amide bonds. The van der Waals surface area contributed by atoms with Crippen molar-refractivity contribution in [1.82, 2.24) is 10.0 Å². The van der Waals surface area contributed by atoms with Crippen molar-refractivity contribution >= 4 is 11.9 Å². The quantitative estimate of drug-likeness (QED) is 0.694. The highest BCUT2D eigenvalue weighted by atomic mass is 16.4. The number of hydrazine groups is 1. The van der Waals surface area contributed by atoms with E-state index in [1.807, 2.05) is 5.01 Å². The van der Waals surface area contributed by atoms with Gasteiger partial charge in [-0.15, -0.1) is 0 Å². The van der Waals surface area contributed by atoms with Gasteiger partial charge in [-0.1, -0.05) is 0 Å². The Morgan fingerprint density at radius 2 is 2.21 bits per heavy atom. The van der Waals surface area contributed by atoms with E-state index in [0.29, 0.717) is 25.6 Å². The lowest BCUT2D eigenvalue weighted by atomic mass is 10.4. The molecule has 0 unspecified atom stereocenters. The van der Waals surface area contributed by atoms with Crippen LogP contribution in [0, 0.1) is 0 Å². The first-order chi connectivity index (χ1) is 6.68. The molecule has 5 heteroatoms. The van der Waals surface area contributed by atoms with E-state index >= 15 is 0 Å². The highest BCUT2D eigenvalue weighted by Crippen LogP contribution is 2.31. The van der Waals surface area contributed by atoms with Crippen LogP contribution in [0.2, 0.25) is 0 Å². The van der Waals surface area contributed by atoms with Gasteiger partial charge in [-0.2, -0.15) is 0 Å². The molecule has 1 aliphatic carbocycles. The number of carbonyl (C=O) groups excluding carboxylic acids is 1. The van der Waals surface area contributed by atoms with Gasteiger partial charge in [-0.05, 0) is 12.8 Å². The summed E-state index contributed by atoms with van der Waals surface area (Å²) in [5, 5.41) is 12.2. The Hall–Kier alpha value is -1.10. The van der Waals surface area contributed by atoms with E-state index in [9.17, 15) is 9.59 Å². The summed E-state index contributed by atoms with van der Waals surface area (Å²) in [7, 11) is 0. The minimum absolute atomic E-state index is 0.108. The van der Waals surface area contributed by atoms with E-state index in [1.54, 1.807) is 5.01 Å². The van der Waals surface area contributed by atoms with Crippen LogP contribution in [0.4, 0.5) is 0 Å². The lowest BCUT2D eigenvalue weighted by Crippen LogP contribution is -2.41. The average molecular weight is 198 g/mol. The van der Waals surface area contributed by atoms with Gasteiger partial charge in [0.25, 0.3) is 0 Å². The Kier molecular flexibility index (Phi) is 2.41. The van der Waals surface area contributed by atoms with Crippen molar-refractivity contribution in [2.75, 3.05) is 13.1 Å². The molecule has 1 saturated heterocycles. The zero-order valence-corrected chi connectivity index (χ0v) is 7.98. The van der Waals surface area contributed by atoms with E-state index in [2.05, 4.69) is 0 Å². The molecular weight excluding hydrogens is 184 g/mol. The number of nitrogens with zero attached hydrogens (tertiary/aromatic N) is 2. The largest absolute Gasteiger partial charge is 0.481 e. The predicted molar refractivity (Wildman–Crippen MR) is 48.3 cm³/mol. The maximum absolute atomic E-state index is 11.4. The molecule has 0 atom stereocenters. The SMILES string of the molecule is O=C(O)CCN1CCC(=O)N1C1CC1. The number of rotatable bonds is 4. The maximum atomic E-state index is 11.4. The number of carboxylic acids is 1. The van der Waals surface area contributed by atoms with Crippen molar-refractivity contribution in [3.05, 3.63) is 0 Å². The summed E-state index contributed by atoms with van der Waals surface area (Å²) in [5.74, 6) is -0.655. The molecule has 2 aliphatic rings. The van der Waals surface area contributed by atoms with E-state index in [1.165, 1.54) is 0 Å². The average Bonchev–Trinajstić information content (AvgIpc) is 2.88. The van der Waals surface area contributed by atoms with E-state index in [4.69, 9.17) is 5.11 Å². The van der Waals surface area contributed by atoms with Crippen LogP contribution in [0.5, 0.6) is 0 Å². The molecule has 0 aromatic heterocycles. The third-order valence-electron chi connectivity index (χ3n) is 2.62. The first-order valence-corrected chi connectivity index (χ1v) is 4.97. The number of aliphatic carboxylic acids is 1. The molecule has 0 spiro atoms. The van der Waals surface area contributed by atoms with Crippen LogP contribution in [-0.2, 0) is 9.59 Å². The molecule has 0 radical (unpaired) electrons. The van der Waals surface area contributed by atoms with Crippen molar-refractivity contribution < 1.29 is 14.7 Å². The Bertz CT molecular complexity index is 263. The molecule has 1 heterocycles. The summed E-state index contributed by atoms with van der Waals surface area (Å²) in [4.78, 5) is 21.8. The monoisotopic (exact) mass is 198 g/mol. The summed E-state index contributed by atoms with van der Waals surface area (Å²) >= 11 is 0. The van der Waals surface area contributed by atoms with Crippen molar-refractivity contribution in [3.63, 3.8) is 0 Å². The molecule has 5 nitrogen and oxygen atoms in total. The molecule has 1 aliphatic heterocycles. The standard InChI is InChI=1S/C9H14N2O3/c12-8-3-5-10(6-4-9(13)14)11(8)7-1-2-7/h7H,1-6H2,(H,13,14). The van der Waals surface area contributed by atoms with Gasteiger partial charge >= 0.3 is 5.97 Å². The summed E-state index contributed by atoms with van der Waals surface area (Å²) in [6, 6.07) is 0.360. The van der Waals surface area contributed by atoms with Crippen LogP contribution < -0.4 is 0 Å². The highest BCUT2D eigenvalue weighted by molar-refractivity contribution is 5.78. The fraction of sp³-hybridized carbons (Fsp3) is 0.778. The lowest BCUT2D eigenvalue weighted by Gasteiger charge is -2.27. The molecule has 0 aromatic carbocycles. The van der Waals surface area contributed by atoms with Crippen molar-refractivity contribution in [3.8, 4) is 0 Å². The predicted octanol–water partition coefficient (Wildman–Crippen LogP) is 0.0728. The second-order valence-electron chi connectivity index (χ2n) is 3.82. The van der Waals surface area contributed by atoms with Gasteiger partial charge in [0.05, 0.1) is 6.42 Å². The number of carbonyl (C=O) groups is 2. The van der Waals surface area contributed by atoms with Gasteiger partial charge in [0.15, 0.2) is 0 Å². The minimum atomic E-state index is -0.805. The Labute approximate surface area is 82.3 Å². The molecule has 2 rings (SSSR count). The van der Waals surface area contributed by atoms with Gasteiger partial charge < -0.3 is 5.11 Å². The summed E-state index contributed by atoms with van der Waals surface area (Å²) in [6.45, 7) is 1.14. The first kappa shape index (κ1) is 9.45. The fourth-order valence-electron chi connectivity index (χ4n) is 1.80. The second-order valence-corrected chi connectivity index (χ2v) is 3.82. The molecule has 0 aromatic rings. The Morgan fingerprint density at radius 3 is 2.79 bits per heavy atom. The molecule has 1 saturated carbocycles. The minimum Gasteiger partial charge on any atom is -0.481 e. The fourth-order valence-corrected chi connectivity index (χ4v) is 1.80. The van der Waals surface area contributed by atoms with Gasteiger partial charge in [-0.3, -0.25) is 14.6 Å². The first-order valence-electron chi connectivity index (χ1n) is 4.97. The summed E-state index contributed by atoms with van der Waals surface area (Å²) < 4.78 is 0. The molecule has 78 valence electrons. The Morgan fingerprint density at radius 1 is 1.50 bits per heavy atom. The smallest absolute Gasteiger partial charge is 0.304 e. The van der Waals surface area contributed by atoms with Crippen molar-refractivity contribution in [2.24, 2.45) is 0 Å². The third-order valence-corrected chi connectivity index (χ3v) is 2.62. The lowest BCUT2D eigenvalue weighted by molar-refractivity contribution is -0.143. The van der Waals surface area contributed by atoms with E-state index in [0.717, 1.165) is 12.8 Å². The van der Waals surface area contributed by atoms with Crippen LogP contribution in [0.1, 0.15) is 25.7 Å². The van der Waals surface area contributed by atoms with Crippen molar-refractivity contribution in [1.29, 1.82) is 0 Å². The van der Waals surface area contributed by atoms with Gasteiger partial charge in [0.1, 0.15) is 0 Å². The van der Waals surface area contributed by atoms with Crippen LogP contribution >= 0.6 is 0 Å². The summed E-state index contributed by atoms with van der Waals surface area (Å²) in [5.41, 5.74) is 0. The van der Waals surface area contributed by atoms with E-state index in [-0.39, 0.29) is 12.3 Å². The number of hydrogen-bond donors (Lipinski definition) is 1. The maximum Gasteiger partial charge on any atom is 0.304 e. The Balaban J connectivity index is 1.90. The highest BCUT2D eigenvalue weighted by Gasteiger charge is 2.40. The number of amides is 1. The van der Waals surface area contributed by atoms with Crippen LogP contribution in [-0.4, -0.2) is 46.1 Å². The molecular formula is C9H14N2O3. The topological polar surface area (TPSA) is 60.9 Å².